The number of carbonyl (C=O) groups is 1. The fourth-order valence-corrected chi connectivity index (χ4v) is 0.777. The number of hydrogen-bond donors (Lipinski definition) is 5. The maximum atomic E-state index is 10.3. The summed E-state index contributed by atoms with van der Waals surface area (Å²) in [6, 6.07) is 0. The summed E-state index contributed by atoms with van der Waals surface area (Å²) in [5, 5.41) is 44.0. The molecule has 0 radical (unpaired) electrons. The van der Waals surface area contributed by atoms with Gasteiger partial charge in [-0.3, -0.25) is 4.79 Å². The number of aliphatic hydroxyl groups is 4. The molecule has 0 spiro atoms. The number of hydrogen-bond acceptors (Lipinski definition) is 5. The van der Waals surface area contributed by atoms with Crippen molar-refractivity contribution >= 4 is 5.97 Å². The molecule has 0 amide bonds. The molecule has 0 aliphatic rings. The largest absolute Gasteiger partial charge is 0.481 e. The zero-order valence-electron chi connectivity index (χ0n) is 7.16. The lowest BCUT2D eigenvalue weighted by atomic mass is 9.97. The monoisotopic (exact) mass is 194 g/mol. The summed E-state index contributed by atoms with van der Waals surface area (Å²) < 4.78 is 0. The standard InChI is InChI=1S/C7H14O6/c1-3(7(12)13)5(10)6(11)4(9)2-8/h3-6,8-11H,2H2,1H3,(H,12,13)/t3?,4-,5?,6?/m1/s1. The van der Waals surface area contributed by atoms with Gasteiger partial charge in [-0.1, -0.05) is 0 Å². The predicted molar refractivity (Wildman–Crippen MR) is 41.9 cm³/mol. The molecule has 13 heavy (non-hydrogen) atoms. The predicted octanol–water partition coefficient (Wildman–Crippen LogP) is -2.22. The first kappa shape index (κ1) is 12.3. The Morgan fingerprint density at radius 2 is 1.69 bits per heavy atom. The first-order valence-electron chi connectivity index (χ1n) is 3.79. The Morgan fingerprint density at radius 3 is 2.00 bits per heavy atom. The van der Waals surface area contributed by atoms with Crippen LogP contribution >= 0.6 is 0 Å². The minimum Gasteiger partial charge on any atom is -0.481 e. The Hall–Kier alpha value is -0.690. The van der Waals surface area contributed by atoms with E-state index in [9.17, 15) is 4.79 Å². The van der Waals surface area contributed by atoms with Crippen LogP contribution in [-0.4, -0.2) is 56.4 Å². The third-order valence-corrected chi connectivity index (χ3v) is 1.83. The highest BCUT2D eigenvalue weighted by atomic mass is 16.4. The van der Waals surface area contributed by atoms with Crippen LogP contribution in [0.2, 0.25) is 0 Å². The van der Waals surface area contributed by atoms with Crippen molar-refractivity contribution in [3.05, 3.63) is 0 Å². The van der Waals surface area contributed by atoms with Gasteiger partial charge in [0, 0.05) is 0 Å². The topological polar surface area (TPSA) is 118 Å². The van der Waals surface area contributed by atoms with Gasteiger partial charge in [0.05, 0.1) is 18.6 Å². The molecule has 6 heteroatoms. The van der Waals surface area contributed by atoms with E-state index in [-0.39, 0.29) is 0 Å². The molecular formula is C7H14O6. The molecule has 0 fully saturated rings. The summed E-state index contributed by atoms with van der Waals surface area (Å²) in [6.07, 6.45) is -4.78. The van der Waals surface area contributed by atoms with E-state index in [1.165, 1.54) is 6.92 Å². The van der Waals surface area contributed by atoms with Crippen LogP contribution in [0.15, 0.2) is 0 Å². The molecule has 3 unspecified atom stereocenters. The molecule has 0 aliphatic carbocycles. The quantitative estimate of drug-likeness (QED) is 0.338. The van der Waals surface area contributed by atoms with Crippen LogP contribution in [-0.2, 0) is 4.79 Å². The molecule has 6 nitrogen and oxygen atoms in total. The molecule has 78 valence electrons. The van der Waals surface area contributed by atoms with Crippen LogP contribution in [0.4, 0.5) is 0 Å². The van der Waals surface area contributed by atoms with E-state index in [0.717, 1.165) is 0 Å². The highest BCUT2D eigenvalue weighted by molar-refractivity contribution is 5.70. The lowest BCUT2D eigenvalue weighted by molar-refractivity contribution is -0.152. The molecule has 0 aromatic rings. The smallest absolute Gasteiger partial charge is 0.308 e. The van der Waals surface area contributed by atoms with Crippen molar-refractivity contribution in [3.63, 3.8) is 0 Å². The lowest BCUT2D eigenvalue weighted by Crippen LogP contribution is -2.44. The first-order chi connectivity index (χ1) is 5.91. The minimum atomic E-state index is -1.66. The summed E-state index contributed by atoms with van der Waals surface area (Å²) in [5.74, 6) is -2.48. The fraction of sp³-hybridized carbons (Fsp3) is 0.857. The van der Waals surface area contributed by atoms with E-state index in [0.29, 0.717) is 0 Å². The highest BCUT2D eigenvalue weighted by Gasteiger charge is 2.32. The number of carboxylic acid groups (broad SMARTS) is 1. The van der Waals surface area contributed by atoms with E-state index >= 15 is 0 Å². The van der Waals surface area contributed by atoms with Gasteiger partial charge in [-0.05, 0) is 6.92 Å². The molecule has 0 bridgehead atoms. The Labute approximate surface area is 75.1 Å². The maximum absolute atomic E-state index is 10.3. The van der Waals surface area contributed by atoms with E-state index in [1.54, 1.807) is 0 Å². The molecule has 0 heterocycles. The summed E-state index contributed by atoms with van der Waals surface area (Å²) in [4.78, 5) is 10.3. The summed E-state index contributed by atoms with van der Waals surface area (Å²) in [5.41, 5.74) is 0. The van der Waals surface area contributed by atoms with Crippen LogP contribution in [0.3, 0.4) is 0 Å². The van der Waals surface area contributed by atoms with Crippen molar-refractivity contribution in [2.75, 3.05) is 6.61 Å². The van der Waals surface area contributed by atoms with Crippen molar-refractivity contribution < 1.29 is 30.3 Å². The number of rotatable bonds is 5. The molecule has 5 N–H and O–H groups in total. The van der Waals surface area contributed by atoms with Crippen LogP contribution in [0.1, 0.15) is 6.92 Å². The van der Waals surface area contributed by atoms with Gasteiger partial charge in [0.25, 0.3) is 0 Å². The van der Waals surface area contributed by atoms with E-state index < -0.39 is 36.8 Å². The molecule has 4 atom stereocenters. The second kappa shape index (κ2) is 5.13. The van der Waals surface area contributed by atoms with Gasteiger partial charge < -0.3 is 25.5 Å². The van der Waals surface area contributed by atoms with Crippen molar-refractivity contribution in [1.82, 2.24) is 0 Å². The number of carboxylic acids is 1. The molecule has 0 saturated carbocycles. The van der Waals surface area contributed by atoms with Gasteiger partial charge in [0.2, 0.25) is 0 Å². The molecule has 0 saturated heterocycles. The zero-order chi connectivity index (χ0) is 10.6. The van der Waals surface area contributed by atoms with E-state index in [4.69, 9.17) is 25.5 Å². The minimum absolute atomic E-state index is 0.732. The Bertz CT molecular complexity index is 170. The van der Waals surface area contributed by atoms with Gasteiger partial charge in [0.15, 0.2) is 0 Å². The number of aliphatic hydroxyl groups excluding tert-OH is 4. The van der Waals surface area contributed by atoms with Gasteiger partial charge >= 0.3 is 5.97 Å². The second-order valence-electron chi connectivity index (χ2n) is 2.86. The SMILES string of the molecule is CC(C(=O)O)C(O)C(O)[C@H](O)CO. The van der Waals surface area contributed by atoms with Gasteiger partial charge in [-0.2, -0.15) is 0 Å². The Balaban J connectivity index is 4.24. The van der Waals surface area contributed by atoms with Crippen LogP contribution in [0, 0.1) is 5.92 Å². The van der Waals surface area contributed by atoms with Gasteiger partial charge in [-0.15, -0.1) is 0 Å². The zero-order valence-corrected chi connectivity index (χ0v) is 7.16. The lowest BCUT2D eigenvalue weighted by Gasteiger charge is -2.23. The third kappa shape index (κ3) is 3.27. The molecular weight excluding hydrogens is 180 g/mol. The highest BCUT2D eigenvalue weighted by Crippen LogP contribution is 2.10. The third-order valence-electron chi connectivity index (χ3n) is 1.83. The molecule has 0 rings (SSSR count). The normalized spacial score (nSPS) is 20.4. The van der Waals surface area contributed by atoms with Gasteiger partial charge in [-0.25, -0.2) is 0 Å². The Morgan fingerprint density at radius 1 is 1.23 bits per heavy atom. The molecule has 0 aromatic carbocycles. The van der Waals surface area contributed by atoms with Crippen LogP contribution in [0.5, 0.6) is 0 Å². The van der Waals surface area contributed by atoms with Crippen molar-refractivity contribution in [2.45, 2.75) is 25.2 Å². The van der Waals surface area contributed by atoms with Gasteiger partial charge in [0.1, 0.15) is 12.2 Å². The van der Waals surface area contributed by atoms with E-state index in [1.807, 2.05) is 0 Å². The van der Waals surface area contributed by atoms with E-state index in [2.05, 4.69) is 0 Å². The second-order valence-corrected chi connectivity index (χ2v) is 2.86. The molecule has 0 aliphatic heterocycles. The summed E-state index contributed by atoms with van der Waals surface area (Å²) >= 11 is 0. The maximum Gasteiger partial charge on any atom is 0.308 e. The van der Waals surface area contributed by atoms with Crippen molar-refractivity contribution in [2.24, 2.45) is 5.92 Å². The summed E-state index contributed by atoms with van der Waals surface area (Å²) in [6.45, 7) is 0.463. The fourth-order valence-electron chi connectivity index (χ4n) is 0.777. The first-order valence-corrected chi connectivity index (χ1v) is 3.79. The number of aliphatic carboxylic acids is 1. The van der Waals surface area contributed by atoms with Crippen molar-refractivity contribution in [3.8, 4) is 0 Å². The average molecular weight is 194 g/mol. The Kier molecular flexibility index (Phi) is 4.86. The van der Waals surface area contributed by atoms with Crippen molar-refractivity contribution in [1.29, 1.82) is 0 Å². The average Bonchev–Trinajstić information content (AvgIpc) is 2.12. The summed E-state index contributed by atoms with van der Waals surface area (Å²) in [7, 11) is 0. The van der Waals surface area contributed by atoms with Crippen LogP contribution < -0.4 is 0 Å². The molecule has 0 aromatic heterocycles. The van der Waals surface area contributed by atoms with Crippen LogP contribution in [0.25, 0.3) is 0 Å².